The zero-order valence-electron chi connectivity index (χ0n) is 5.97. The van der Waals surface area contributed by atoms with Crippen molar-refractivity contribution in [1.82, 2.24) is 10.3 Å². The molecule has 0 atom stereocenters. The summed E-state index contributed by atoms with van der Waals surface area (Å²) >= 11 is 0. The van der Waals surface area contributed by atoms with Crippen molar-refractivity contribution >= 4 is 5.84 Å². The maximum Gasteiger partial charge on any atom is 0.125 e. The van der Waals surface area contributed by atoms with Crippen LogP contribution in [0.4, 0.5) is 0 Å². The van der Waals surface area contributed by atoms with Crippen molar-refractivity contribution in [1.29, 1.82) is 0 Å². The molecule has 0 aromatic carbocycles. The van der Waals surface area contributed by atoms with Crippen LogP contribution in [0.25, 0.3) is 0 Å². The largest absolute Gasteiger partial charge is 0.334 e. The van der Waals surface area contributed by atoms with Gasteiger partial charge >= 0.3 is 0 Å². The Bertz CT molecular complexity index is 151. The fourth-order valence-corrected chi connectivity index (χ4v) is 0.646. The minimum Gasteiger partial charge on any atom is -0.334 e. The summed E-state index contributed by atoms with van der Waals surface area (Å²) < 4.78 is 0. The van der Waals surface area contributed by atoms with Gasteiger partial charge in [-0.15, -0.1) is 0 Å². The molecule has 0 fully saturated rings. The summed E-state index contributed by atoms with van der Waals surface area (Å²) in [6.45, 7) is 3.99. The van der Waals surface area contributed by atoms with Gasteiger partial charge in [-0.1, -0.05) is 0 Å². The van der Waals surface area contributed by atoms with Gasteiger partial charge in [-0.2, -0.15) is 5.10 Å². The van der Waals surface area contributed by atoms with E-state index in [0.29, 0.717) is 0 Å². The Morgan fingerprint density at radius 1 is 1.56 bits per heavy atom. The lowest BCUT2D eigenvalue weighted by atomic mass is 10.4. The van der Waals surface area contributed by atoms with Gasteiger partial charge in [-0.3, -0.25) is 5.43 Å². The smallest absolute Gasteiger partial charge is 0.125 e. The van der Waals surface area contributed by atoms with E-state index in [1.807, 2.05) is 32.0 Å². The highest BCUT2D eigenvalue weighted by Crippen LogP contribution is 2.02. The third-order valence-corrected chi connectivity index (χ3v) is 1.51. The quantitative estimate of drug-likeness (QED) is 0.516. The molecule has 9 heavy (non-hydrogen) atoms. The fourth-order valence-electron chi connectivity index (χ4n) is 0.646. The molecule has 0 aliphatic carbocycles. The second-order valence-corrected chi connectivity index (χ2v) is 2.13. The molecule has 0 aromatic heterocycles. The van der Waals surface area contributed by atoms with Crippen LogP contribution < -0.4 is 5.43 Å². The van der Waals surface area contributed by atoms with E-state index in [-0.39, 0.29) is 0 Å². The molecular formula is C6H11N3. The summed E-state index contributed by atoms with van der Waals surface area (Å²) in [6.07, 6.45) is 1.87. The SMILES string of the molecule is CC1=CNN=C(C)N1C. The summed E-state index contributed by atoms with van der Waals surface area (Å²) in [4.78, 5) is 2.02. The van der Waals surface area contributed by atoms with E-state index in [2.05, 4.69) is 10.5 Å². The van der Waals surface area contributed by atoms with Crippen LogP contribution in [-0.4, -0.2) is 17.8 Å². The van der Waals surface area contributed by atoms with Crippen molar-refractivity contribution < 1.29 is 0 Å². The number of hydrogen-bond donors (Lipinski definition) is 1. The van der Waals surface area contributed by atoms with Crippen molar-refractivity contribution in [2.75, 3.05) is 7.05 Å². The van der Waals surface area contributed by atoms with E-state index >= 15 is 0 Å². The lowest BCUT2D eigenvalue weighted by Gasteiger charge is -2.22. The zero-order valence-corrected chi connectivity index (χ0v) is 5.97. The van der Waals surface area contributed by atoms with E-state index in [1.165, 1.54) is 5.70 Å². The summed E-state index contributed by atoms with van der Waals surface area (Å²) in [5, 5.41) is 3.98. The number of nitrogens with one attached hydrogen (secondary N) is 1. The van der Waals surface area contributed by atoms with Crippen LogP contribution >= 0.6 is 0 Å². The van der Waals surface area contributed by atoms with Gasteiger partial charge in [-0.25, -0.2) is 0 Å². The standard InChI is InChI=1S/C6H11N3/c1-5-4-7-8-6(2)9(5)3/h4,7H,1-3H3. The molecule has 0 saturated carbocycles. The maximum atomic E-state index is 3.98. The molecule has 1 rings (SSSR count). The summed E-state index contributed by atoms with van der Waals surface area (Å²) in [5.74, 6) is 0.995. The van der Waals surface area contributed by atoms with E-state index in [4.69, 9.17) is 0 Å². The van der Waals surface area contributed by atoms with Crippen LogP contribution in [0, 0.1) is 0 Å². The molecule has 0 unspecified atom stereocenters. The third-order valence-electron chi connectivity index (χ3n) is 1.51. The van der Waals surface area contributed by atoms with Gasteiger partial charge in [-0.05, 0) is 13.8 Å². The summed E-state index contributed by atoms with van der Waals surface area (Å²) in [7, 11) is 1.99. The first-order valence-corrected chi connectivity index (χ1v) is 2.92. The summed E-state index contributed by atoms with van der Waals surface area (Å²) in [6, 6.07) is 0. The predicted octanol–water partition coefficient (Wildman–Crippen LogP) is 0.716. The first-order valence-electron chi connectivity index (χ1n) is 2.92. The Hall–Kier alpha value is -0.990. The third kappa shape index (κ3) is 1.04. The van der Waals surface area contributed by atoms with Crippen molar-refractivity contribution in [2.45, 2.75) is 13.8 Å². The normalized spacial score (nSPS) is 18.3. The highest BCUT2D eigenvalue weighted by molar-refractivity contribution is 5.81. The van der Waals surface area contributed by atoms with Gasteiger partial charge in [0.1, 0.15) is 5.84 Å². The molecule has 50 valence electrons. The van der Waals surface area contributed by atoms with Gasteiger partial charge in [0.15, 0.2) is 0 Å². The lowest BCUT2D eigenvalue weighted by molar-refractivity contribution is 0.585. The number of amidine groups is 1. The number of nitrogens with zero attached hydrogens (tertiary/aromatic N) is 2. The second-order valence-electron chi connectivity index (χ2n) is 2.13. The van der Waals surface area contributed by atoms with Gasteiger partial charge in [0.25, 0.3) is 0 Å². The highest BCUT2D eigenvalue weighted by Gasteiger charge is 2.04. The van der Waals surface area contributed by atoms with Crippen LogP contribution in [0.3, 0.4) is 0 Å². The molecule has 1 aliphatic heterocycles. The van der Waals surface area contributed by atoms with Crippen LogP contribution in [0.1, 0.15) is 13.8 Å². The van der Waals surface area contributed by atoms with E-state index < -0.39 is 0 Å². The minimum absolute atomic E-state index is 0.995. The van der Waals surface area contributed by atoms with Crippen LogP contribution in [0.5, 0.6) is 0 Å². The summed E-state index contributed by atoms with van der Waals surface area (Å²) in [5.41, 5.74) is 3.98. The van der Waals surface area contributed by atoms with Gasteiger partial charge in [0.05, 0.1) is 0 Å². The minimum atomic E-state index is 0.995. The van der Waals surface area contributed by atoms with E-state index in [0.717, 1.165) is 5.84 Å². The molecule has 0 radical (unpaired) electrons. The molecule has 0 spiro atoms. The molecule has 0 amide bonds. The first kappa shape index (κ1) is 6.13. The van der Waals surface area contributed by atoms with Crippen molar-refractivity contribution in [3.63, 3.8) is 0 Å². The van der Waals surface area contributed by atoms with E-state index in [1.54, 1.807) is 0 Å². The van der Waals surface area contributed by atoms with Gasteiger partial charge in [0.2, 0.25) is 0 Å². The van der Waals surface area contributed by atoms with E-state index in [9.17, 15) is 0 Å². The Morgan fingerprint density at radius 3 is 2.67 bits per heavy atom. The van der Waals surface area contributed by atoms with Gasteiger partial charge < -0.3 is 4.90 Å². The van der Waals surface area contributed by atoms with Crippen molar-refractivity contribution in [3.05, 3.63) is 11.9 Å². The van der Waals surface area contributed by atoms with Gasteiger partial charge in [0, 0.05) is 18.9 Å². The van der Waals surface area contributed by atoms with Crippen molar-refractivity contribution in [3.8, 4) is 0 Å². The predicted molar refractivity (Wildman–Crippen MR) is 37.8 cm³/mol. The topological polar surface area (TPSA) is 27.6 Å². The maximum absolute atomic E-state index is 3.98. The molecule has 0 aromatic rings. The molecule has 0 bridgehead atoms. The van der Waals surface area contributed by atoms with Crippen molar-refractivity contribution in [2.24, 2.45) is 5.10 Å². The molecule has 1 heterocycles. The fraction of sp³-hybridized carbons (Fsp3) is 0.500. The Labute approximate surface area is 55.0 Å². The second kappa shape index (κ2) is 2.09. The van der Waals surface area contributed by atoms with Crippen LogP contribution in [-0.2, 0) is 0 Å². The molecule has 0 saturated heterocycles. The Kier molecular flexibility index (Phi) is 1.42. The number of rotatable bonds is 0. The molecule has 1 aliphatic rings. The first-order chi connectivity index (χ1) is 4.22. The zero-order chi connectivity index (χ0) is 6.85. The average molecular weight is 125 g/mol. The Balaban J connectivity index is 2.74. The average Bonchev–Trinajstić information content (AvgIpc) is 1.83. The molecule has 1 N–H and O–H groups in total. The highest BCUT2D eigenvalue weighted by atomic mass is 15.4. The number of allylic oxidation sites excluding steroid dienone is 1. The number of hydrazone groups is 1. The van der Waals surface area contributed by atoms with Crippen LogP contribution in [0.2, 0.25) is 0 Å². The Morgan fingerprint density at radius 2 is 2.22 bits per heavy atom. The van der Waals surface area contributed by atoms with Crippen LogP contribution in [0.15, 0.2) is 17.0 Å². The molecular weight excluding hydrogens is 114 g/mol. The monoisotopic (exact) mass is 125 g/mol. The number of hydrogen-bond acceptors (Lipinski definition) is 3. The molecule has 3 heteroatoms. The lowest BCUT2D eigenvalue weighted by Crippen LogP contribution is -2.28. The molecule has 3 nitrogen and oxygen atoms in total.